The largest absolute Gasteiger partial charge is 0.487 e. The predicted molar refractivity (Wildman–Crippen MR) is 141 cm³/mol. The van der Waals surface area contributed by atoms with Gasteiger partial charge in [0.25, 0.3) is 0 Å². The molecule has 8 heteroatoms. The van der Waals surface area contributed by atoms with Crippen LogP contribution in [-0.4, -0.2) is 66.6 Å². The van der Waals surface area contributed by atoms with Crippen LogP contribution >= 0.6 is 0 Å². The third-order valence-corrected chi connectivity index (χ3v) is 8.72. The van der Waals surface area contributed by atoms with Crippen molar-refractivity contribution in [1.82, 2.24) is 14.2 Å². The van der Waals surface area contributed by atoms with E-state index in [-0.39, 0.29) is 30.1 Å². The number of hydrogen-bond donors (Lipinski definition) is 1. The van der Waals surface area contributed by atoms with Gasteiger partial charge in [-0.25, -0.2) is 8.42 Å². The first-order valence-electron chi connectivity index (χ1n) is 12.3. The smallest absolute Gasteiger partial charge is 0.247 e. The van der Waals surface area contributed by atoms with Gasteiger partial charge in [0.15, 0.2) is 0 Å². The van der Waals surface area contributed by atoms with Crippen LogP contribution in [0.5, 0.6) is 5.75 Å². The van der Waals surface area contributed by atoms with Gasteiger partial charge in [-0.2, -0.15) is 4.31 Å². The highest BCUT2D eigenvalue weighted by atomic mass is 32.2. The van der Waals surface area contributed by atoms with E-state index in [0.29, 0.717) is 18.8 Å². The Morgan fingerprint density at radius 2 is 1.86 bits per heavy atom. The Kier molecular flexibility index (Phi) is 8.10. The summed E-state index contributed by atoms with van der Waals surface area (Å²) < 4.78 is 35.3. The van der Waals surface area contributed by atoms with E-state index in [2.05, 4.69) is 9.88 Å². The zero-order valence-corrected chi connectivity index (χ0v) is 22.1. The van der Waals surface area contributed by atoms with Crippen molar-refractivity contribution in [3.05, 3.63) is 78.1 Å². The van der Waals surface area contributed by atoms with E-state index in [0.717, 1.165) is 22.4 Å². The number of pyridine rings is 1. The van der Waals surface area contributed by atoms with Gasteiger partial charge in [0.05, 0.1) is 12.3 Å². The first kappa shape index (κ1) is 26.3. The maximum Gasteiger partial charge on any atom is 0.247 e. The van der Waals surface area contributed by atoms with Crippen LogP contribution in [0.3, 0.4) is 0 Å². The quantitative estimate of drug-likeness (QED) is 0.519. The fraction of sp³-hybridized carbons (Fsp3) is 0.393. The van der Waals surface area contributed by atoms with Crippen molar-refractivity contribution >= 4 is 10.0 Å². The molecule has 4 rings (SSSR count). The van der Waals surface area contributed by atoms with Crippen molar-refractivity contribution in [2.24, 2.45) is 5.92 Å². The molecule has 0 aliphatic carbocycles. The van der Waals surface area contributed by atoms with Crippen molar-refractivity contribution in [1.29, 1.82) is 0 Å². The molecule has 1 N–H and O–H groups in total. The minimum absolute atomic E-state index is 0.115. The zero-order valence-electron chi connectivity index (χ0n) is 21.3. The first-order valence-corrected chi connectivity index (χ1v) is 13.7. The van der Waals surface area contributed by atoms with Gasteiger partial charge in [0.1, 0.15) is 16.7 Å². The molecule has 0 fully saturated rings. The highest BCUT2D eigenvalue weighted by Crippen LogP contribution is 2.36. The van der Waals surface area contributed by atoms with E-state index in [4.69, 9.17) is 4.74 Å². The van der Waals surface area contributed by atoms with Crippen LogP contribution in [0.25, 0.3) is 11.1 Å². The number of nitrogens with zero attached hydrogens (tertiary/aromatic N) is 3. The molecule has 0 radical (unpaired) electrons. The second-order valence-electron chi connectivity index (χ2n) is 9.79. The third kappa shape index (κ3) is 5.78. The Hall–Kier alpha value is -2.78. The number of aryl methyl sites for hydroxylation is 1. The molecule has 2 aromatic carbocycles. The Bertz CT molecular complexity index is 1270. The SMILES string of the molecule is Cc1ccc(-c2ccc3c(c2)O[C@@H](CN(C)Cc2ccccn2)[C@@H](C)CN([C@H](C)CO)S3(=O)=O)cc1. The fourth-order valence-electron chi connectivity index (χ4n) is 4.51. The summed E-state index contributed by atoms with van der Waals surface area (Å²) >= 11 is 0. The Balaban J connectivity index is 1.72. The molecule has 1 aliphatic rings. The van der Waals surface area contributed by atoms with Gasteiger partial charge in [0.2, 0.25) is 10.0 Å². The van der Waals surface area contributed by atoms with E-state index >= 15 is 0 Å². The van der Waals surface area contributed by atoms with E-state index in [1.54, 1.807) is 19.2 Å². The molecule has 0 spiro atoms. The van der Waals surface area contributed by atoms with Crippen LogP contribution < -0.4 is 4.74 Å². The molecule has 0 unspecified atom stereocenters. The number of aliphatic hydroxyl groups excluding tert-OH is 1. The zero-order chi connectivity index (χ0) is 25.9. The van der Waals surface area contributed by atoms with E-state index < -0.39 is 16.1 Å². The number of rotatable bonds is 7. The highest BCUT2D eigenvalue weighted by molar-refractivity contribution is 7.89. The average molecular weight is 510 g/mol. The van der Waals surface area contributed by atoms with Gasteiger partial charge >= 0.3 is 0 Å². The lowest BCUT2D eigenvalue weighted by molar-refractivity contribution is 0.0731. The summed E-state index contributed by atoms with van der Waals surface area (Å²) in [5.74, 6) is 0.224. The van der Waals surface area contributed by atoms with Crippen molar-refractivity contribution in [3.63, 3.8) is 0 Å². The lowest BCUT2D eigenvalue weighted by Gasteiger charge is -2.37. The van der Waals surface area contributed by atoms with E-state index in [1.165, 1.54) is 4.31 Å². The molecule has 36 heavy (non-hydrogen) atoms. The average Bonchev–Trinajstić information content (AvgIpc) is 2.86. The Labute approximate surface area is 214 Å². The number of hydrogen-bond acceptors (Lipinski definition) is 6. The molecule has 3 aromatic rings. The molecule has 1 aliphatic heterocycles. The molecule has 3 atom stereocenters. The third-order valence-electron chi connectivity index (χ3n) is 6.70. The van der Waals surface area contributed by atoms with Crippen molar-refractivity contribution in [3.8, 4) is 16.9 Å². The summed E-state index contributed by atoms with van der Waals surface area (Å²) in [5, 5.41) is 9.85. The molecule has 2 heterocycles. The summed E-state index contributed by atoms with van der Waals surface area (Å²) in [7, 11) is -1.86. The van der Waals surface area contributed by atoms with Crippen LogP contribution in [0.2, 0.25) is 0 Å². The molecule has 1 aromatic heterocycles. The molecular formula is C28H35N3O4S. The summed E-state index contributed by atoms with van der Waals surface area (Å²) in [6.07, 6.45) is 1.51. The summed E-state index contributed by atoms with van der Waals surface area (Å²) in [4.78, 5) is 6.69. The predicted octanol–water partition coefficient (Wildman–Crippen LogP) is 3.96. The second kappa shape index (κ2) is 11.1. The molecule has 7 nitrogen and oxygen atoms in total. The molecule has 0 amide bonds. The van der Waals surface area contributed by atoms with E-state index in [9.17, 15) is 13.5 Å². The number of aromatic nitrogens is 1. The van der Waals surface area contributed by atoms with Crippen molar-refractivity contribution < 1.29 is 18.3 Å². The van der Waals surface area contributed by atoms with Gasteiger partial charge in [0, 0.05) is 37.8 Å². The normalized spacial score (nSPS) is 20.7. The standard InChI is InChI=1S/C28H35N3O4S/c1-20-8-10-23(11-9-20)24-12-13-28-26(15-24)35-27(18-30(4)17-25-7-5-6-14-29-25)21(2)16-31(22(3)19-32)36(28,33)34/h5-15,21-22,27,32H,16-19H2,1-4H3/t21-,22+,27-/m0/s1. The number of aliphatic hydroxyl groups is 1. The van der Waals surface area contributed by atoms with Crippen LogP contribution in [0, 0.1) is 12.8 Å². The minimum Gasteiger partial charge on any atom is -0.487 e. The van der Waals surface area contributed by atoms with Gasteiger partial charge in [-0.05, 0) is 56.3 Å². The van der Waals surface area contributed by atoms with Gasteiger partial charge in [-0.3, -0.25) is 9.88 Å². The topological polar surface area (TPSA) is 83.0 Å². The van der Waals surface area contributed by atoms with Crippen LogP contribution in [0.15, 0.2) is 71.8 Å². The molecular weight excluding hydrogens is 474 g/mol. The summed E-state index contributed by atoms with van der Waals surface area (Å²) in [5.41, 5.74) is 3.99. The number of sulfonamides is 1. The minimum atomic E-state index is -3.87. The highest BCUT2D eigenvalue weighted by Gasteiger charge is 2.38. The Morgan fingerprint density at radius 1 is 1.14 bits per heavy atom. The fourth-order valence-corrected chi connectivity index (χ4v) is 6.33. The van der Waals surface area contributed by atoms with Gasteiger partial charge < -0.3 is 9.84 Å². The van der Waals surface area contributed by atoms with Crippen LogP contribution in [-0.2, 0) is 16.6 Å². The summed E-state index contributed by atoms with van der Waals surface area (Å²) in [6.45, 7) is 7.01. The molecule has 0 saturated heterocycles. The van der Waals surface area contributed by atoms with Crippen molar-refractivity contribution in [2.45, 2.75) is 44.4 Å². The molecule has 0 bridgehead atoms. The maximum atomic E-state index is 13.7. The second-order valence-corrected chi connectivity index (χ2v) is 11.6. The molecule has 192 valence electrons. The lowest BCUT2D eigenvalue weighted by atomic mass is 10.0. The van der Waals surface area contributed by atoms with Crippen LogP contribution in [0.4, 0.5) is 0 Å². The number of benzene rings is 2. The van der Waals surface area contributed by atoms with Crippen molar-refractivity contribution in [2.75, 3.05) is 26.7 Å². The number of likely N-dealkylation sites (N-methyl/N-ethyl adjacent to an activating group) is 1. The van der Waals surface area contributed by atoms with Gasteiger partial charge in [-0.15, -0.1) is 0 Å². The summed E-state index contributed by atoms with van der Waals surface area (Å²) in [6, 6.07) is 18.7. The first-order chi connectivity index (χ1) is 17.2. The Morgan fingerprint density at radius 3 is 2.53 bits per heavy atom. The lowest BCUT2D eigenvalue weighted by Crippen LogP contribution is -2.49. The number of fused-ring (bicyclic) bond motifs is 1. The van der Waals surface area contributed by atoms with Gasteiger partial charge in [-0.1, -0.05) is 48.9 Å². The van der Waals surface area contributed by atoms with Crippen LogP contribution in [0.1, 0.15) is 25.1 Å². The monoisotopic (exact) mass is 509 g/mol. The van der Waals surface area contributed by atoms with E-state index in [1.807, 2.05) is 75.5 Å². The number of ether oxygens (including phenoxy) is 1. The molecule has 0 saturated carbocycles. The maximum absolute atomic E-state index is 13.7.